The molecule has 0 fully saturated rings. The number of hydrazone groups is 1. The number of nitrogens with two attached hydrogens (primary N) is 3. The normalized spacial score (nSPS) is 15.6. The predicted molar refractivity (Wildman–Crippen MR) is 88.1 cm³/mol. The lowest BCUT2D eigenvalue weighted by atomic mass is 10.1. The van der Waals surface area contributed by atoms with Crippen LogP contribution in [0.1, 0.15) is 33.6 Å². The Morgan fingerprint density at radius 2 is 1.82 bits per heavy atom. The van der Waals surface area contributed by atoms with E-state index in [1.807, 2.05) is 20.8 Å². The molecule has 0 heterocycles. The minimum absolute atomic E-state index is 0.206. The van der Waals surface area contributed by atoms with Crippen molar-refractivity contribution < 1.29 is 14.2 Å². The van der Waals surface area contributed by atoms with Gasteiger partial charge in [0.25, 0.3) is 0 Å². The van der Waals surface area contributed by atoms with Crippen molar-refractivity contribution >= 4 is 11.9 Å². The van der Waals surface area contributed by atoms with E-state index in [1.54, 1.807) is 0 Å². The molecule has 0 rings (SSSR count). The molecule has 1 atom stereocenters. The Morgan fingerprint density at radius 3 is 2.36 bits per heavy atom. The highest BCUT2D eigenvalue weighted by Crippen LogP contribution is 2.16. The fourth-order valence-corrected chi connectivity index (χ4v) is 1.63. The monoisotopic (exact) mass is 317 g/mol. The van der Waals surface area contributed by atoms with Crippen molar-refractivity contribution in [1.29, 1.82) is 5.41 Å². The maximum atomic E-state index is 7.02. The molecule has 130 valence electrons. The van der Waals surface area contributed by atoms with Gasteiger partial charge in [-0.05, 0) is 33.7 Å². The molecular formula is C14H31N5O3. The highest BCUT2D eigenvalue weighted by molar-refractivity contribution is 6.30. The largest absolute Gasteiger partial charge is 0.373 e. The second kappa shape index (κ2) is 10.6. The molecule has 0 saturated carbocycles. The van der Waals surface area contributed by atoms with Gasteiger partial charge in [-0.1, -0.05) is 0 Å². The van der Waals surface area contributed by atoms with Crippen LogP contribution in [0, 0.1) is 5.41 Å². The van der Waals surface area contributed by atoms with E-state index in [1.165, 1.54) is 0 Å². The van der Waals surface area contributed by atoms with Gasteiger partial charge in [0.15, 0.2) is 0 Å². The fraction of sp³-hybridized carbons (Fsp3) is 0.857. The molecule has 0 aliphatic carbocycles. The zero-order valence-electron chi connectivity index (χ0n) is 13.9. The zero-order chi connectivity index (χ0) is 17.1. The summed E-state index contributed by atoms with van der Waals surface area (Å²) in [5, 5.41) is 10.4. The van der Waals surface area contributed by atoms with E-state index in [-0.39, 0.29) is 12.2 Å². The number of hydrogen-bond donors (Lipinski definition) is 4. The molecule has 0 spiro atoms. The second-order valence-corrected chi connectivity index (χ2v) is 5.88. The van der Waals surface area contributed by atoms with Gasteiger partial charge < -0.3 is 36.9 Å². The van der Waals surface area contributed by atoms with Crippen molar-refractivity contribution in [3.63, 3.8) is 0 Å². The van der Waals surface area contributed by atoms with Crippen molar-refractivity contribution in [3.05, 3.63) is 0 Å². The van der Waals surface area contributed by atoms with Gasteiger partial charge in [-0.3, -0.25) is 0 Å². The summed E-state index contributed by atoms with van der Waals surface area (Å²) in [5.74, 6) is 5.07. The molecule has 22 heavy (non-hydrogen) atoms. The third-order valence-electron chi connectivity index (χ3n) is 3.08. The Kier molecular flexibility index (Phi) is 10.1. The summed E-state index contributed by atoms with van der Waals surface area (Å²) in [5.41, 5.74) is 10.8. The molecule has 0 aliphatic heterocycles. The summed E-state index contributed by atoms with van der Waals surface area (Å²) in [7, 11) is 0. The number of rotatable bonds is 13. The molecule has 0 saturated heterocycles. The molecule has 0 aromatic rings. The Hall–Kier alpha value is -1.06. The van der Waals surface area contributed by atoms with E-state index in [0.717, 1.165) is 6.21 Å². The zero-order valence-corrected chi connectivity index (χ0v) is 13.9. The summed E-state index contributed by atoms with van der Waals surface area (Å²) in [6, 6.07) is 0. The predicted octanol–water partition coefficient (Wildman–Crippen LogP) is 0.193. The van der Waals surface area contributed by atoms with Crippen LogP contribution in [0.2, 0.25) is 0 Å². The van der Waals surface area contributed by atoms with Gasteiger partial charge in [0.1, 0.15) is 11.4 Å². The third-order valence-corrected chi connectivity index (χ3v) is 3.08. The summed E-state index contributed by atoms with van der Waals surface area (Å²) in [6.07, 6.45) is 2.38. The minimum atomic E-state index is -0.696. The first kappa shape index (κ1) is 20.9. The van der Waals surface area contributed by atoms with Crippen LogP contribution in [0.15, 0.2) is 5.10 Å². The highest BCUT2D eigenvalue weighted by Gasteiger charge is 2.22. The van der Waals surface area contributed by atoms with Crippen molar-refractivity contribution in [2.24, 2.45) is 22.4 Å². The number of nitrogens with zero attached hydrogens (tertiary/aromatic N) is 1. The molecule has 0 bridgehead atoms. The van der Waals surface area contributed by atoms with Gasteiger partial charge in [-0.2, -0.15) is 5.10 Å². The fourth-order valence-electron chi connectivity index (χ4n) is 1.63. The molecule has 0 radical (unpaired) electrons. The maximum absolute atomic E-state index is 7.02. The van der Waals surface area contributed by atoms with Gasteiger partial charge in [-0.15, -0.1) is 0 Å². The van der Waals surface area contributed by atoms with E-state index < -0.39 is 5.72 Å². The summed E-state index contributed by atoms with van der Waals surface area (Å²) in [4.78, 5) is 0. The standard InChI is InChI=1S/C14H31N5O3/c1-13(2,5-7-22-14(3,17)4-6-15)21-9-8-20-11-12(10-16)19-18/h10,16H,4-9,11,15,17-18H2,1-3H3. The molecule has 7 N–H and O–H groups in total. The van der Waals surface area contributed by atoms with Crippen molar-refractivity contribution in [2.75, 3.05) is 33.0 Å². The molecule has 0 aromatic heterocycles. The first-order chi connectivity index (χ1) is 10.3. The Balaban J connectivity index is 3.84. The minimum Gasteiger partial charge on any atom is -0.373 e. The van der Waals surface area contributed by atoms with Crippen LogP contribution < -0.4 is 17.3 Å². The van der Waals surface area contributed by atoms with Crippen molar-refractivity contribution in [3.8, 4) is 0 Å². The van der Waals surface area contributed by atoms with Crippen LogP contribution in [0.5, 0.6) is 0 Å². The maximum Gasteiger partial charge on any atom is 0.115 e. The van der Waals surface area contributed by atoms with Gasteiger partial charge in [0.05, 0.1) is 32.0 Å². The van der Waals surface area contributed by atoms with E-state index in [9.17, 15) is 0 Å². The SMILES string of the molecule is CC(C)(CCOC(C)(N)CCN)OCCOCC(C=N)=NN. The summed E-state index contributed by atoms with van der Waals surface area (Å²) < 4.78 is 16.7. The molecular weight excluding hydrogens is 286 g/mol. The second-order valence-electron chi connectivity index (χ2n) is 5.88. The lowest BCUT2D eigenvalue weighted by Crippen LogP contribution is -2.42. The van der Waals surface area contributed by atoms with Crippen LogP contribution in [0.3, 0.4) is 0 Å². The van der Waals surface area contributed by atoms with Crippen LogP contribution in [0.25, 0.3) is 0 Å². The molecule has 0 aromatic carbocycles. The van der Waals surface area contributed by atoms with Crippen LogP contribution in [0.4, 0.5) is 0 Å². The summed E-state index contributed by atoms with van der Waals surface area (Å²) in [6.45, 7) is 7.82. The third kappa shape index (κ3) is 10.6. The average molecular weight is 317 g/mol. The quantitative estimate of drug-likeness (QED) is 0.126. The Labute approximate surface area is 132 Å². The van der Waals surface area contributed by atoms with Crippen molar-refractivity contribution in [1.82, 2.24) is 0 Å². The molecule has 0 aliphatic rings. The lowest BCUT2D eigenvalue weighted by Gasteiger charge is -2.29. The number of nitrogens with one attached hydrogen (secondary N) is 1. The highest BCUT2D eigenvalue weighted by atomic mass is 16.5. The molecule has 1 unspecified atom stereocenters. The van der Waals surface area contributed by atoms with E-state index >= 15 is 0 Å². The van der Waals surface area contributed by atoms with Gasteiger partial charge >= 0.3 is 0 Å². The van der Waals surface area contributed by atoms with Gasteiger partial charge in [0, 0.05) is 12.6 Å². The average Bonchev–Trinajstić information content (AvgIpc) is 2.42. The van der Waals surface area contributed by atoms with E-state index in [4.69, 9.17) is 36.9 Å². The van der Waals surface area contributed by atoms with Crippen molar-refractivity contribution in [2.45, 2.75) is 44.9 Å². The number of hydrogen-bond acceptors (Lipinski definition) is 8. The molecule has 8 heteroatoms. The first-order valence-electron chi connectivity index (χ1n) is 7.38. The van der Waals surface area contributed by atoms with E-state index in [0.29, 0.717) is 44.9 Å². The van der Waals surface area contributed by atoms with Crippen LogP contribution >= 0.6 is 0 Å². The summed E-state index contributed by atoms with van der Waals surface area (Å²) >= 11 is 0. The number of ether oxygens (including phenoxy) is 3. The van der Waals surface area contributed by atoms with Gasteiger partial charge in [-0.25, -0.2) is 0 Å². The van der Waals surface area contributed by atoms with E-state index in [2.05, 4.69) is 5.10 Å². The lowest BCUT2D eigenvalue weighted by molar-refractivity contribution is -0.0859. The van der Waals surface area contributed by atoms with Crippen LogP contribution in [-0.2, 0) is 14.2 Å². The molecule has 8 nitrogen and oxygen atoms in total. The van der Waals surface area contributed by atoms with Crippen LogP contribution in [-0.4, -0.2) is 56.2 Å². The topological polar surface area (TPSA) is 142 Å². The smallest absolute Gasteiger partial charge is 0.115 e. The molecule has 0 amide bonds. The first-order valence-corrected chi connectivity index (χ1v) is 7.38. The van der Waals surface area contributed by atoms with Gasteiger partial charge in [0.2, 0.25) is 0 Å². The Bertz CT molecular complexity index is 345. The Morgan fingerprint density at radius 1 is 1.14 bits per heavy atom.